The van der Waals surface area contributed by atoms with Gasteiger partial charge in [0.05, 0.1) is 34.4 Å². The van der Waals surface area contributed by atoms with Gasteiger partial charge in [-0.25, -0.2) is 9.78 Å². The summed E-state index contributed by atoms with van der Waals surface area (Å²) in [7, 11) is 1.81. The maximum atomic E-state index is 13.0. The number of H-pyrrole nitrogens is 1. The highest BCUT2D eigenvalue weighted by molar-refractivity contribution is 5.87. The number of hydrogen-bond donors (Lipinski definition) is 1. The molecule has 5 nitrogen and oxygen atoms in total. The van der Waals surface area contributed by atoms with E-state index in [9.17, 15) is 4.79 Å². The van der Waals surface area contributed by atoms with Crippen LogP contribution in [0, 0.1) is 13.8 Å². The Bertz CT molecular complexity index is 1450. The van der Waals surface area contributed by atoms with Gasteiger partial charge in [-0.2, -0.15) is 0 Å². The fourth-order valence-corrected chi connectivity index (χ4v) is 4.03. The minimum Gasteiger partial charge on any atom is -0.344 e. The molecule has 0 aliphatic carbocycles. The highest BCUT2D eigenvalue weighted by Crippen LogP contribution is 2.31. The van der Waals surface area contributed by atoms with Crippen molar-refractivity contribution in [3.05, 3.63) is 94.7 Å². The molecule has 1 N–H and O–H groups in total. The second-order valence-electron chi connectivity index (χ2n) is 7.72. The first-order valence-electron chi connectivity index (χ1n) is 9.92. The summed E-state index contributed by atoms with van der Waals surface area (Å²) in [6, 6.07) is 22.4. The lowest BCUT2D eigenvalue weighted by atomic mass is 10.0. The summed E-state index contributed by atoms with van der Waals surface area (Å²) in [4.78, 5) is 20.9. The van der Waals surface area contributed by atoms with E-state index >= 15 is 0 Å². The summed E-state index contributed by atoms with van der Waals surface area (Å²) < 4.78 is 3.46. The molecule has 0 radical (unpaired) electrons. The van der Waals surface area contributed by atoms with E-state index in [-0.39, 0.29) is 5.69 Å². The van der Waals surface area contributed by atoms with Gasteiger partial charge in [0.2, 0.25) is 0 Å². The normalized spacial score (nSPS) is 11.3. The molecule has 0 fully saturated rings. The van der Waals surface area contributed by atoms with Crippen LogP contribution in [0.3, 0.4) is 0 Å². The third-order valence-corrected chi connectivity index (χ3v) is 5.54. The molecule has 5 aromatic rings. The van der Waals surface area contributed by atoms with Crippen LogP contribution in [0.4, 0.5) is 0 Å². The number of hydrogen-bond acceptors (Lipinski definition) is 2. The molecule has 3 aromatic carbocycles. The zero-order valence-corrected chi connectivity index (χ0v) is 17.2. The molecule has 0 saturated carbocycles. The molecular weight excluding hydrogens is 372 g/mol. The Morgan fingerprint density at radius 3 is 2.37 bits per heavy atom. The van der Waals surface area contributed by atoms with Crippen molar-refractivity contribution in [1.82, 2.24) is 19.1 Å². The predicted molar refractivity (Wildman–Crippen MR) is 121 cm³/mol. The van der Waals surface area contributed by atoms with Crippen LogP contribution >= 0.6 is 0 Å². The Labute approximate surface area is 174 Å². The molecule has 0 aliphatic rings. The molecule has 5 rings (SSSR count). The monoisotopic (exact) mass is 394 g/mol. The first kappa shape index (κ1) is 18.2. The molecule has 2 aromatic heterocycles. The van der Waals surface area contributed by atoms with E-state index in [1.54, 1.807) is 15.5 Å². The summed E-state index contributed by atoms with van der Waals surface area (Å²) >= 11 is 0. The van der Waals surface area contributed by atoms with Crippen molar-refractivity contribution in [1.29, 1.82) is 0 Å². The SMILES string of the molecule is Cc1cccc(-c2nc[nH]c2-c2ccc3c(c2)n(C)c(=O)n3-c2cccc(C)c2)c1. The van der Waals surface area contributed by atoms with Gasteiger partial charge in [0, 0.05) is 18.2 Å². The van der Waals surface area contributed by atoms with Crippen LogP contribution in [0.5, 0.6) is 0 Å². The molecule has 148 valence electrons. The van der Waals surface area contributed by atoms with Gasteiger partial charge >= 0.3 is 5.69 Å². The van der Waals surface area contributed by atoms with Crippen LogP contribution in [-0.4, -0.2) is 19.1 Å². The molecule has 0 amide bonds. The van der Waals surface area contributed by atoms with Crippen molar-refractivity contribution < 1.29 is 0 Å². The van der Waals surface area contributed by atoms with Gasteiger partial charge in [0.15, 0.2) is 0 Å². The Kier molecular flexibility index (Phi) is 4.17. The van der Waals surface area contributed by atoms with Gasteiger partial charge in [-0.3, -0.25) is 9.13 Å². The average Bonchev–Trinajstić information content (AvgIpc) is 3.32. The summed E-state index contributed by atoms with van der Waals surface area (Å²) in [5.41, 5.74) is 8.79. The number of fused-ring (bicyclic) bond motifs is 1. The minimum atomic E-state index is -0.0590. The molecule has 0 bridgehead atoms. The van der Waals surface area contributed by atoms with Crippen LogP contribution in [0.2, 0.25) is 0 Å². The van der Waals surface area contributed by atoms with Crippen LogP contribution in [0.1, 0.15) is 11.1 Å². The number of imidazole rings is 2. The number of benzene rings is 3. The topological polar surface area (TPSA) is 55.6 Å². The second-order valence-corrected chi connectivity index (χ2v) is 7.72. The van der Waals surface area contributed by atoms with Gasteiger partial charge < -0.3 is 4.98 Å². The third-order valence-electron chi connectivity index (χ3n) is 5.54. The van der Waals surface area contributed by atoms with Crippen LogP contribution in [-0.2, 0) is 7.05 Å². The van der Waals surface area contributed by atoms with E-state index in [1.165, 1.54) is 5.56 Å². The Morgan fingerprint density at radius 2 is 1.60 bits per heavy atom. The van der Waals surface area contributed by atoms with E-state index in [0.717, 1.165) is 44.8 Å². The number of nitrogens with one attached hydrogen (secondary N) is 1. The third kappa shape index (κ3) is 2.87. The van der Waals surface area contributed by atoms with E-state index in [2.05, 4.69) is 41.2 Å². The zero-order valence-electron chi connectivity index (χ0n) is 17.2. The molecule has 0 aliphatic heterocycles. The van der Waals surface area contributed by atoms with Crippen LogP contribution < -0.4 is 5.69 Å². The van der Waals surface area contributed by atoms with Crippen molar-refractivity contribution in [2.75, 3.05) is 0 Å². The van der Waals surface area contributed by atoms with Crippen molar-refractivity contribution in [3.63, 3.8) is 0 Å². The second kappa shape index (κ2) is 6.88. The standard InChI is InChI=1S/C25H22N4O/c1-16-6-4-8-18(12-16)23-24(27-15-26-23)19-10-11-21-22(14-19)28(3)25(30)29(21)20-9-5-7-17(2)13-20/h4-15H,1-3H3,(H,26,27). The minimum absolute atomic E-state index is 0.0590. The summed E-state index contributed by atoms with van der Waals surface area (Å²) in [6.07, 6.45) is 1.72. The Hall–Kier alpha value is -3.86. The molecule has 0 unspecified atom stereocenters. The lowest BCUT2D eigenvalue weighted by molar-refractivity contribution is 0.846. The molecule has 30 heavy (non-hydrogen) atoms. The molecule has 2 heterocycles. The fourth-order valence-electron chi connectivity index (χ4n) is 4.03. The van der Waals surface area contributed by atoms with Crippen molar-refractivity contribution in [3.8, 4) is 28.2 Å². The van der Waals surface area contributed by atoms with E-state index < -0.39 is 0 Å². The van der Waals surface area contributed by atoms with E-state index in [0.29, 0.717) is 0 Å². The van der Waals surface area contributed by atoms with Gasteiger partial charge in [-0.15, -0.1) is 0 Å². The average molecular weight is 394 g/mol. The maximum absolute atomic E-state index is 13.0. The first-order valence-corrected chi connectivity index (χ1v) is 9.92. The van der Waals surface area contributed by atoms with Crippen molar-refractivity contribution in [2.24, 2.45) is 7.05 Å². The number of aryl methyl sites for hydroxylation is 3. The molecule has 0 spiro atoms. The number of aromatic amines is 1. The Balaban J connectivity index is 1.69. The molecule has 5 heteroatoms. The summed E-state index contributed by atoms with van der Waals surface area (Å²) in [6.45, 7) is 4.11. The number of rotatable bonds is 3. The largest absolute Gasteiger partial charge is 0.344 e. The van der Waals surface area contributed by atoms with Gasteiger partial charge in [-0.05, 0) is 49.7 Å². The van der Waals surface area contributed by atoms with Crippen molar-refractivity contribution in [2.45, 2.75) is 13.8 Å². The fraction of sp³-hybridized carbons (Fsp3) is 0.120. The van der Waals surface area contributed by atoms with Gasteiger partial charge in [-0.1, -0.05) is 42.0 Å². The van der Waals surface area contributed by atoms with Gasteiger partial charge in [0.1, 0.15) is 0 Å². The number of aromatic nitrogens is 4. The van der Waals surface area contributed by atoms with E-state index in [4.69, 9.17) is 0 Å². The van der Waals surface area contributed by atoms with E-state index in [1.807, 2.05) is 56.4 Å². The van der Waals surface area contributed by atoms with Crippen LogP contribution in [0.25, 0.3) is 39.2 Å². The molecule has 0 saturated heterocycles. The number of nitrogens with zero attached hydrogens (tertiary/aromatic N) is 3. The Morgan fingerprint density at radius 1 is 0.833 bits per heavy atom. The molecular formula is C25H22N4O. The smallest absolute Gasteiger partial charge is 0.333 e. The zero-order chi connectivity index (χ0) is 20.8. The maximum Gasteiger partial charge on any atom is 0.333 e. The summed E-state index contributed by atoms with van der Waals surface area (Å²) in [5.74, 6) is 0. The quantitative estimate of drug-likeness (QED) is 0.468. The first-order chi connectivity index (χ1) is 14.5. The lowest BCUT2D eigenvalue weighted by Crippen LogP contribution is -2.20. The van der Waals surface area contributed by atoms with Gasteiger partial charge in [0.25, 0.3) is 0 Å². The summed E-state index contributed by atoms with van der Waals surface area (Å²) in [5, 5.41) is 0. The van der Waals surface area contributed by atoms with Crippen molar-refractivity contribution >= 4 is 11.0 Å². The highest BCUT2D eigenvalue weighted by atomic mass is 16.1. The van der Waals surface area contributed by atoms with Crippen LogP contribution in [0.15, 0.2) is 77.9 Å². The lowest BCUT2D eigenvalue weighted by Gasteiger charge is -2.07. The highest BCUT2D eigenvalue weighted by Gasteiger charge is 2.16. The predicted octanol–water partition coefficient (Wildman–Crippen LogP) is 5.00. The molecule has 0 atom stereocenters.